The second-order valence-electron chi connectivity index (χ2n) is 8.60. The van der Waals surface area contributed by atoms with Gasteiger partial charge in [-0.05, 0) is 63.2 Å². The molecular weight excluding hydrogens is 456 g/mol. The predicted molar refractivity (Wildman–Crippen MR) is 138 cm³/mol. The van der Waals surface area contributed by atoms with Crippen LogP contribution in [0, 0.1) is 6.92 Å². The summed E-state index contributed by atoms with van der Waals surface area (Å²) in [5.41, 5.74) is 4.78. The Kier molecular flexibility index (Phi) is 8.90. The number of anilines is 1. The van der Waals surface area contributed by atoms with E-state index >= 15 is 0 Å². The SMILES string of the molecule is CC.CNCCC1c2[nH]c3ccc(C)cc3c2CCN1CCNc1ccc(Cl)c(C(C)(F)F)n1. The Morgan fingerprint density at radius 1 is 1.21 bits per heavy atom. The molecule has 0 saturated heterocycles. The first-order valence-corrected chi connectivity index (χ1v) is 12.4. The summed E-state index contributed by atoms with van der Waals surface area (Å²) in [6, 6.07) is 9.96. The normalized spacial score (nSPS) is 16.2. The van der Waals surface area contributed by atoms with Gasteiger partial charge in [-0.1, -0.05) is 37.1 Å². The number of H-pyrrole nitrogens is 1. The number of pyridine rings is 1. The van der Waals surface area contributed by atoms with Gasteiger partial charge in [0.1, 0.15) is 11.5 Å². The van der Waals surface area contributed by atoms with Gasteiger partial charge >= 0.3 is 0 Å². The Morgan fingerprint density at radius 3 is 2.68 bits per heavy atom. The highest BCUT2D eigenvalue weighted by molar-refractivity contribution is 6.31. The molecule has 0 fully saturated rings. The average Bonchev–Trinajstić information content (AvgIpc) is 3.17. The molecule has 186 valence electrons. The lowest BCUT2D eigenvalue weighted by atomic mass is 9.95. The van der Waals surface area contributed by atoms with Crippen LogP contribution in [0.3, 0.4) is 0 Å². The van der Waals surface area contributed by atoms with Gasteiger partial charge in [-0.25, -0.2) is 4.98 Å². The van der Waals surface area contributed by atoms with Gasteiger partial charge in [0.25, 0.3) is 5.92 Å². The summed E-state index contributed by atoms with van der Waals surface area (Å²) in [6.07, 6.45) is 1.97. The molecule has 1 aliphatic heterocycles. The molecule has 1 aromatic carbocycles. The van der Waals surface area contributed by atoms with Gasteiger partial charge < -0.3 is 15.6 Å². The van der Waals surface area contributed by atoms with Crippen molar-refractivity contribution in [2.45, 2.75) is 52.5 Å². The number of aromatic amines is 1. The average molecular weight is 492 g/mol. The standard InChI is InChI=1S/C24H30ClF2N5.C2H6/c1-15-4-6-19-17(14-15)16-9-12-32(20(8-10-28-3)22(16)30-19)13-11-29-21-7-5-18(25)23(31-21)24(2,26)27;1-2/h4-7,14,20,28,30H,8-13H2,1-3H3,(H,29,31);1-2H3. The van der Waals surface area contributed by atoms with Gasteiger partial charge in [-0.3, -0.25) is 4.90 Å². The quantitative estimate of drug-likeness (QED) is 0.347. The van der Waals surface area contributed by atoms with Gasteiger partial charge in [0.15, 0.2) is 0 Å². The first kappa shape index (κ1) is 26.4. The molecule has 34 heavy (non-hydrogen) atoms. The number of nitrogens with zero attached hydrogens (tertiary/aromatic N) is 2. The number of rotatable bonds is 8. The Labute approximate surface area is 206 Å². The topological polar surface area (TPSA) is 56.0 Å². The van der Waals surface area contributed by atoms with Gasteiger partial charge in [0.2, 0.25) is 0 Å². The van der Waals surface area contributed by atoms with Crippen molar-refractivity contribution >= 4 is 28.3 Å². The van der Waals surface area contributed by atoms with E-state index in [1.807, 2.05) is 20.9 Å². The summed E-state index contributed by atoms with van der Waals surface area (Å²) < 4.78 is 27.5. The van der Waals surface area contributed by atoms with Crippen LogP contribution in [-0.4, -0.2) is 48.1 Å². The van der Waals surface area contributed by atoms with E-state index in [9.17, 15) is 8.78 Å². The van der Waals surface area contributed by atoms with Crippen LogP contribution in [0.4, 0.5) is 14.6 Å². The number of halogens is 3. The third kappa shape index (κ3) is 5.88. The number of alkyl halides is 2. The van der Waals surface area contributed by atoms with Crippen molar-refractivity contribution in [3.8, 4) is 0 Å². The van der Waals surface area contributed by atoms with Gasteiger partial charge in [-0.2, -0.15) is 8.78 Å². The number of nitrogens with one attached hydrogen (secondary N) is 3. The van der Waals surface area contributed by atoms with Crippen molar-refractivity contribution in [2.75, 3.05) is 38.5 Å². The number of benzene rings is 1. The molecule has 0 bridgehead atoms. The first-order chi connectivity index (χ1) is 16.3. The lowest BCUT2D eigenvalue weighted by molar-refractivity contribution is 0.0130. The fourth-order valence-corrected chi connectivity index (χ4v) is 4.85. The van der Waals surface area contributed by atoms with Crippen LogP contribution >= 0.6 is 11.6 Å². The minimum Gasteiger partial charge on any atom is -0.369 e. The molecule has 2 aromatic heterocycles. The monoisotopic (exact) mass is 491 g/mol. The Balaban J connectivity index is 0.00000158. The fraction of sp³-hybridized carbons (Fsp3) is 0.500. The molecule has 4 rings (SSSR count). The van der Waals surface area contributed by atoms with Crippen LogP contribution in [0.2, 0.25) is 5.02 Å². The van der Waals surface area contributed by atoms with Crippen LogP contribution < -0.4 is 10.6 Å². The van der Waals surface area contributed by atoms with E-state index in [0.29, 0.717) is 12.4 Å². The molecule has 0 radical (unpaired) electrons. The molecule has 1 atom stereocenters. The maximum Gasteiger partial charge on any atom is 0.288 e. The predicted octanol–water partition coefficient (Wildman–Crippen LogP) is 6.28. The number of aromatic nitrogens is 2. The number of hydrogen-bond donors (Lipinski definition) is 3. The summed E-state index contributed by atoms with van der Waals surface area (Å²) >= 11 is 5.91. The Hall–Kier alpha value is -2.22. The molecule has 0 saturated carbocycles. The lowest BCUT2D eigenvalue weighted by Crippen LogP contribution is -2.39. The molecule has 3 aromatic rings. The highest BCUT2D eigenvalue weighted by Gasteiger charge is 2.31. The summed E-state index contributed by atoms with van der Waals surface area (Å²) in [6.45, 7) is 10.2. The van der Waals surface area contributed by atoms with Crippen LogP contribution in [0.5, 0.6) is 0 Å². The largest absolute Gasteiger partial charge is 0.369 e. The molecule has 1 aliphatic rings. The van der Waals surface area contributed by atoms with Gasteiger partial charge in [0.05, 0.1) is 11.1 Å². The zero-order valence-corrected chi connectivity index (χ0v) is 21.5. The van der Waals surface area contributed by atoms with E-state index in [1.165, 1.54) is 33.8 Å². The van der Waals surface area contributed by atoms with Crippen LogP contribution in [0.1, 0.15) is 55.7 Å². The summed E-state index contributed by atoms with van der Waals surface area (Å²) in [5.74, 6) is -2.67. The maximum atomic E-state index is 13.7. The summed E-state index contributed by atoms with van der Waals surface area (Å²) in [4.78, 5) is 10.2. The second-order valence-corrected chi connectivity index (χ2v) is 9.01. The zero-order valence-electron chi connectivity index (χ0n) is 20.7. The summed E-state index contributed by atoms with van der Waals surface area (Å²) in [5, 5.41) is 7.77. The van der Waals surface area contributed by atoms with Crippen LogP contribution in [0.15, 0.2) is 30.3 Å². The van der Waals surface area contributed by atoms with Crippen molar-refractivity contribution in [1.82, 2.24) is 20.2 Å². The van der Waals surface area contributed by atoms with E-state index < -0.39 is 11.6 Å². The minimum atomic E-state index is -3.08. The highest BCUT2D eigenvalue weighted by Crippen LogP contribution is 2.36. The van der Waals surface area contributed by atoms with Crippen molar-refractivity contribution < 1.29 is 8.78 Å². The fourth-order valence-electron chi connectivity index (χ4n) is 4.58. The lowest BCUT2D eigenvalue weighted by Gasteiger charge is -2.36. The molecule has 5 nitrogen and oxygen atoms in total. The van der Waals surface area contributed by atoms with Crippen molar-refractivity contribution in [1.29, 1.82) is 0 Å². The van der Waals surface area contributed by atoms with Gasteiger partial charge in [0, 0.05) is 43.2 Å². The van der Waals surface area contributed by atoms with Gasteiger partial charge in [-0.15, -0.1) is 0 Å². The van der Waals surface area contributed by atoms with Crippen LogP contribution in [0.25, 0.3) is 10.9 Å². The van der Waals surface area contributed by atoms with E-state index in [4.69, 9.17) is 11.6 Å². The van der Waals surface area contributed by atoms with Crippen molar-refractivity contribution in [3.05, 3.63) is 57.9 Å². The minimum absolute atomic E-state index is 0.0206. The number of hydrogen-bond acceptors (Lipinski definition) is 4. The van der Waals surface area contributed by atoms with E-state index in [2.05, 4.69) is 50.6 Å². The molecule has 0 spiro atoms. The van der Waals surface area contributed by atoms with Crippen molar-refractivity contribution in [2.24, 2.45) is 0 Å². The van der Waals surface area contributed by atoms with E-state index in [1.54, 1.807) is 6.07 Å². The number of fused-ring (bicyclic) bond motifs is 3. The smallest absolute Gasteiger partial charge is 0.288 e. The molecule has 0 amide bonds. The molecule has 1 unspecified atom stereocenters. The van der Waals surface area contributed by atoms with E-state index in [-0.39, 0.29) is 11.1 Å². The molecule has 3 heterocycles. The molecule has 8 heteroatoms. The van der Waals surface area contributed by atoms with E-state index in [0.717, 1.165) is 39.4 Å². The van der Waals surface area contributed by atoms with Crippen molar-refractivity contribution in [3.63, 3.8) is 0 Å². The number of aryl methyl sites for hydroxylation is 1. The summed E-state index contributed by atoms with van der Waals surface area (Å²) in [7, 11) is 1.97. The first-order valence-electron chi connectivity index (χ1n) is 12.1. The third-order valence-corrected chi connectivity index (χ3v) is 6.46. The third-order valence-electron chi connectivity index (χ3n) is 6.15. The Bertz CT molecular complexity index is 1090. The molecular formula is C26H36ClF2N5. The molecule has 3 N–H and O–H groups in total. The second kappa shape index (κ2) is 11.5. The van der Waals surface area contributed by atoms with Crippen LogP contribution in [-0.2, 0) is 12.3 Å². The Morgan fingerprint density at radius 2 is 1.97 bits per heavy atom. The zero-order chi connectivity index (χ0) is 24.9. The molecule has 0 aliphatic carbocycles. The highest BCUT2D eigenvalue weighted by atomic mass is 35.5. The maximum absolute atomic E-state index is 13.7.